The standard InChI is InChI=1S/C38H54O11/c1-7-35(5,31(43)46-20-34(4)18-45-19-34)16-36(6,32(44)48-26-23-9-24-25(10-23)28(39)47-27(24)26)15-33(2,3)30(42)49-38-13-21-8-22(14-38)12-37(11-21,17-38)29(40)41/h21-27H,7-20H2,1-6H3,(H,40,41). The van der Waals surface area contributed by atoms with Crippen LogP contribution in [0.4, 0.5) is 0 Å². The first-order valence-corrected chi connectivity index (χ1v) is 18.5. The van der Waals surface area contributed by atoms with Gasteiger partial charge in [0, 0.05) is 23.7 Å². The Balaban J connectivity index is 1.12. The van der Waals surface area contributed by atoms with Gasteiger partial charge in [-0.2, -0.15) is 0 Å². The van der Waals surface area contributed by atoms with Crippen molar-refractivity contribution in [2.75, 3.05) is 19.8 Å². The van der Waals surface area contributed by atoms with Crippen molar-refractivity contribution in [2.45, 2.75) is 130 Å². The summed E-state index contributed by atoms with van der Waals surface area (Å²) in [6.07, 6.45) is 4.75. The molecule has 1 N–H and O–H groups in total. The van der Waals surface area contributed by atoms with Crippen LogP contribution in [0.5, 0.6) is 0 Å². The monoisotopic (exact) mass is 686 g/mol. The summed E-state index contributed by atoms with van der Waals surface area (Å²) < 4.78 is 29.6. The van der Waals surface area contributed by atoms with E-state index in [-0.39, 0.29) is 60.4 Å². The first-order chi connectivity index (χ1) is 22.8. The second kappa shape index (κ2) is 11.4. The number of esters is 4. The van der Waals surface area contributed by atoms with Crippen molar-refractivity contribution < 1.29 is 52.8 Å². The molecule has 0 radical (unpaired) electrons. The molecule has 0 amide bonds. The lowest BCUT2D eigenvalue weighted by molar-refractivity contribution is -0.217. The van der Waals surface area contributed by atoms with Gasteiger partial charge in [-0.15, -0.1) is 0 Å². The van der Waals surface area contributed by atoms with Crippen LogP contribution in [0.2, 0.25) is 0 Å². The van der Waals surface area contributed by atoms with E-state index in [2.05, 4.69) is 0 Å². The number of carboxylic acids is 1. The van der Waals surface area contributed by atoms with Gasteiger partial charge in [0.15, 0.2) is 0 Å². The van der Waals surface area contributed by atoms with Gasteiger partial charge in [-0.05, 0) is 104 Å². The minimum atomic E-state index is -1.32. The van der Waals surface area contributed by atoms with Gasteiger partial charge in [-0.1, -0.05) is 13.8 Å². The fraction of sp³-hybridized carbons (Fsp3) is 0.868. The van der Waals surface area contributed by atoms with Gasteiger partial charge >= 0.3 is 29.8 Å². The van der Waals surface area contributed by atoms with Crippen molar-refractivity contribution in [3.8, 4) is 0 Å². The number of carboxylic acid groups (broad SMARTS) is 1. The Labute approximate surface area is 288 Å². The van der Waals surface area contributed by atoms with Crippen LogP contribution in [0.25, 0.3) is 0 Å². The van der Waals surface area contributed by atoms with Gasteiger partial charge in [0.25, 0.3) is 0 Å². The highest BCUT2D eigenvalue weighted by atomic mass is 16.6. The molecular weight excluding hydrogens is 632 g/mol. The number of fused-ring (bicyclic) bond motifs is 1. The van der Waals surface area contributed by atoms with Gasteiger partial charge in [0.1, 0.15) is 24.4 Å². The predicted molar refractivity (Wildman–Crippen MR) is 172 cm³/mol. The molecule has 6 aliphatic carbocycles. The molecule has 8 fully saturated rings. The largest absolute Gasteiger partial charge is 0.481 e. The maximum atomic E-state index is 14.5. The summed E-state index contributed by atoms with van der Waals surface area (Å²) in [5.41, 5.74) is -5.49. The Morgan fingerprint density at radius 3 is 2.16 bits per heavy atom. The molecule has 0 aromatic carbocycles. The first-order valence-electron chi connectivity index (χ1n) is 18.5. The summed E-state index contributed by atoms with van der Waals surface area (Å²) in [5, 5.41) is 10.2. The van der Waals surface area contributed by atoms with Crippen molar-refractivity contribution in [1.29, 1.82) is 0 Å². The molecule has 0 spiro atoms. The normalized spacial score (nSPS) is 40.1. The molecule has 2 aliphatic heterocycles. The van der Waals surface area contributed by atoms with Crippen molar-refractivity contribution >= 4 is 29.8 Å². The molecule has 2 saturated heterocycles. The highest BCUT2D eigenvalue weighted by Gasteiger charge is 2.65. The maximum Gasteiger partial charge on any atom is 0.312 e. The first kappa shape index (κ1) is 34.7. The summed E-state index contributed by atoms with van der Waals surface area (Å²) in [6, 6.07) is 0. The third kappa shape index (κ3) is 5.78. The Morgan fingerprint density at radius 2 is 1.57 bits per heavy atom. The summed E-state index contributed by atoms with van der Waals surface area (Å²) in [4.78, 5) is 67.5. The highest BCUT2D eigenvalue weighted by Crippen LogP contribution is 2.63. The molecule has 2 heterocycles. The predicted octanol–water partition coefficient (Wildman–Crippen LogP) is 5.26. The quantitative estimate of drug-likeness (QED) is 0.200. The third-order valence-electron chi connectivity index (χ3n) is 13.8. The van der Waals surface area contributed by atoms with Crippen LogP contribution >= 0.6 is 0 Å². The minimum absolute atomic E-state index is 0.0308. The number of rotatable bonds is 13. The van der Waals surface area contributed by atoms with Gasteiger partial charge in [-0.3, -0.25) is 24.0 Å². The average Bonchev–Trinajstić information content (AvgIpc) is 3.63. The molecule has 6 bridgehead atoms. The van der Waals surface area contributed by atoms with E-state index in [0.29, 0.717) is 58.2 Å². The molecule has 0 aromatic heterocycles. The summed E-state index contributed by atoms with van der Waals surface area (Å²) in [5.74, 6) is -2.06. The van der Waals surface area contributed by atoms with Gasteiger partial charge in [0.05, 0.1) is 40.8 Å². The number of carbonyl (C=O) groups is 5. The SMILES string of the molecule is CCC(C)(CC(C)(CC(C)(C)C(=O)OC12CC3CC(C1)CC(C(=O)O)(C3)C2)C(=O)OC1C2CC3C(=O)OC1C3C2)C(=O)OCC1(C)COC1. The fourth-order valence-corrected chi connectivity index (χ4v) is 11.6. The van der Waals surface area contributed by atoms with E-state index in [9.17, 15) is 29.1 Å². The lowest BCUT2D eigenvalue weighted by Gasteiger charge is -2.59. The molecule has 6 saturated carbocycles. The molecule has 8 rings (SSSR count). The molecule has 9 unspecified atom stereocenters. The fourth-order valence-electron chi connectivity index (χ4n) is 11.6. The van der Waals surface area contributed by atoms with Gasteiger partial charge in [0.2, 0.25) is 0 Å². The number of hydrogen-bond donors (Lipinski definition) is 1. The van der Waals surface area contributed by atoms with Gasteiger partial charge < -0.3 is 28.8 Å². The lowest BCUT2D eigenvalue weighted by Crippen LogP contribution is -2.60. The number of carbonyl (C=O) groups excluding carboxylic acids is 4. The van der Waals surface area contributed by atoms with Gasteiger partial charge in [-0.25, -0.2) is 0 Å². The molecular formula is C38H54O11. The molecule has 11 nitrogen and oxygen atoms in total. The van der Waals surface area contributed by atoms with Crippen molar-refractivity contribution in [2.24, 2.45) is 56.7 Å². The van der Waals surface area contributed by atoms with Crippen LogP contribution in [0.15, 0.2) is 0 Å². The van der Waals surface area contributed by atoms with E-state index >= 15 is 0 Å². The van der Waals surface area contributed by atoms with Crippen LogP contribution in [-0.2, 0) is 47.7 Å². The Bertz CT molecular complexity index is 1420. The summed E-state index contributed by atoms with van der Waals surface area (Å²) >= 11 is 0. The Kier molecular flexibility index (Phi) is 8.09. The van der Waals surface area contributed by atoms with E-state index in [0.717, 1.165) is 12.8 Å². The Hall–Kier alpha value is -2.69. The number of ether oxygens (including phenoxy) is 5. The van der Waals surface area contributed by atoms with Crippen LogP contribution in [0, 0.1) is 56.7 Å². The summed E-state index contributed by atoms with van der Waals surface area (Å²) in [6.45, 7) is 12.2. The Morgan fingerprint density at radius 1 is 0.898 bits per heavy atom. The van der Waals surface area contributed by atoms with Crippen molar-refractivity contribution in [1.82, 2.24) is 0 Å². The van der Waals surface area contributed by atoms with Crippen LogP contribution in [0.1, 0.15) is 112 Å². The zero-order valence-corrected chi connectivity index (χ0v) is 30.0. The lowest BCUT2D eigenvalue weighted by atomic mass is 9.48. The second-order valence-electron chi connectivity index (χ2n) is 19.0. The molecule has 49 heavy (non-hydrogen) atoms. The number of hydrogen-bond acceptors (Lipinski definition) is 10. The zero-order chi connectivity index (χ0) is 35.4. The zero-order valence-electron chi connectivity index (χ0n) is 30.0. The molecule has 272 valence electrons. The van der Waals surface area contributed by atoms with E-state index < -0.39 is 63.3 Å². The second-order valence-corrected chi connectivity index (χ2v) is 19.0. The molecule has 0 aromatic rings. The molecule has 9 atom stereocenters. The highest BCUT2D eigenvalue weighted by molar-refractivity contribution is 5.83. The molecule has 11 heteroatoms. The number of aliphatic carboxylic acids is 1. The van der Waals surface area contributed by atoms with Crippen molar-refractivity contribution in [3.05, 3.63) is 0 Å². The summed E-state index contributed by atoms with van der Waals surface area (Å²) in [7, 11) is 0. The maximum absolute atomic E-state index is 14.5. The van der Waals surface area contributed by atoms with E-state index in [1.165, 1.54) is 0 Å². The third-order valence-corrected chi connectivity index (χ3v) is 13.8. The smallest absolute Gasteiger partial charge is 0.312 e. The molecule has 8 aliphatic rings. The van der Waals surface area contributed by atoms with Crippen LogP contribution < -0.4 is 0 Å². The van der Waals surface area contributed by atoms with Crippen molar-refractivity contribution in [3.63, 3.8) is 0 Å². The van der Waals surface area contributed by atoms with E-state index in [1.807, 2.05) is 13.8 Å². The topological polar surface area (TPSA) is 152 Å². The van der Waals surface area contributed by atoms with E-state index in [4.69, 9.17) is 23.7 Å². The average molecular weight is 687 g/mol. The van der Waals surface area contributed by atoms with Crippen LogP contribution in [-0.4, -0.2) is 72.6 Å². The van der Waals surface area contributed by atoms with E-state index in [1.54, 1.807) is 27.7 Å². The minimum Gasteiger partial charge on any atom is -0.481 e. The van der Waals surface area contributed by atoms with Crippen LogP contribution in [0.3, 0.4) is 0 Å².